The van der Waals surface area contributed by atoms with Crippen molar-refractivity contribution < 1.29 is 32.7 Å². The lowest BCUT2D eigenvalue weighted by molar-refractivity contribution is -0.139. The van der Waals surface area contributed by atoms with Gasteiger partial charge in [-0.3, -0.25) is 9.36 Å². The van der Waals surface area contributed by atoms with Crippen molar-refractivity contribution in [2.75, 3.05) is 13.2 Å². The Morgan fingerprint density at radius 3 is 2.20 bits per heavy atom. The van der Waals surface area contributed by atoms with Gasteiger partial charge in [0.1, 0.15) is 11.9 Å². The molecule has 1 amide bonds. The number of benzene rings is 2. The molecular weight excluding hydrogens is 412 g/mol. The number of halogens is 1. The highest BCUT2D eigenvalue weighted by atomic mass is 31.2. The maximum absolute atomic E-state index is 13.8. The molecule has 0 aliphatic rings. The second-order valence-corrected chi connectivity index (χ2v) is 8.52. The Morgan fingerprint density at radius 1 is 1.07 bits per heavy atom. The first-order valence-electron chi connectivity index (χ1n) is 9.52. The van der Waals surface area contributed by atoms with Gasteiger partial charge in [-0.05, 0) is 43.2 Å². The number of carboxylic acids is 1. The van der Waals surface area contributed by atoms with E-state index < -0.39 is 31.3 Å². The molecule has 30 heavy (non-hydrogen) atoms. The number of carbonyl (C=O) groups is 2. The number of carboxylic acid groups (broad SMARTS) is 1. The number of aliphatic carboxylic acids is 1. The molecule has 0 spiro atoms. The van der Waals surface area contributed by atoms with Crippen LogP contribution in [0.4, 0.5) is 4.39 Å². The van der Waals surface area contributed by atoms with Gasteiger partial charge in [0.25, 0.3) is 5.91 Å². The number of carbonyl (C=O) groups excluding carboxylic acids is 1. The molecule has 0 bridgehead atoms. The van der Waals surface area contributed by atoms with Crippen molar-refractivity contribution in [3.05, 3.63) is 71.0 Å². The molecule has 0 aromatic heterocycles. The summed E-state index contributed by atoms with van der Waals surface area (Å²) in [5.74, 6) is -2.41. The molecule has 0 aliphatic heterocycles. The highest BCUT2D eigenvalue weighted by Crippen LogP contribution is 2.51. The molecular formula is C21H25FNO6P. The minimum Gasteiger partial charge on any atom is -0.480 e. The molecule has 0 fully saturated rings. The molecule has 0 heterocycles. The lowest BCUT2D eigenvalue weighted by Gasteiger charge is -2.17. The number of nitrogens with one attached hydrogen (secondary N) is 1. The zero-order valence-corrected chi connectivity index (χ0v) is 17.7. The fourth-order valence-electron chi connectivity index (χ4n) is 2.83. The van der Waals surface area contributed by atoms with Crippen molar-refractivity contribution >= 4 is 19.5 Å². The molecule has 9 heteroatoms. The van der Waals surface area contributed by atoms with Gasteiger partial charge in [0.05, 0.1) is 19.4 Å². The molecule has 0 saturated carbocycles. The lowest BCUT2D eigenvalue weighted by atomic mass is 10.0. The SMILES string of the molecule is CCOP(=O)(Cc1ccc(C(=O)N[C@H](Cc2ccccc2F)C(=O)O)cc1)OCC. The third-order valence-corrected chi connectivity index (χ3v) is 6.28. The van der Waals surface area contributed by atoms with E-state index in [9.17, 15) is 23.7 Å². The molecule has 0 unspecified atom stereocenters. The van der Waals surface area contributed by atoms with E-state index in [1.807, 2.05) is 0 Å². The van der Waals surface area contributed by atoms with E-state index in [4.69, 9.17) is 9.05 Å². The largest absolute Gasteiger partial charge is 0.480 e. The Hall–Kier alpha value is -2.54. The Labute approximate surface area is 174 Å². The summed E-state index contributed by atoms with van der Waals surface area (Å²) >= 11 is 0. The first kappa shape index (κ1) is 23.7. The normalized spacial score (nSPS) is 12.4. The lowest BCUT2D eigenvalue weighted by Crippen LogP contribution is -2.42. The summed E-state index contributed by atoms with van der Waals surface area (Å²) < 4.78 is 36.9. The van der Waals surface area contributed by atoms with Crippen LogP contribution < -0.4 is 5.32 Å². The summed E-state index contributed by atoms with van der Waals surface area (Å²) in [6.45, 7) is 3.94. The van der Waals surface area contributed by atoms with Crippen LogP contribution in [0.15, 0.2) is 48.5 Å². The quantitative estimate of drug-likeness (QED) is 0.515. The molecule has 2 N–H and O–H groups in total. The highest BCUT2D eigenvalue weighted by molar-refractivity contribution is 7.53. The zero-order valence-electron chi connectivity index (χ0n) is 16.8. The molecule has 2 rings (SSSR count). The fraction of sp³-hybridized carbons (Fsp3) is 0.333. The van der Waals surface area contributed by atoms with Gasteiger partial charge >= 0.3 is 13.6 Å². The molecule has 2 aromatic carbocycles. The third-order valence-electron chi connectivity index (χ3n) is 4.23. The molecule has 0 aliphatic carbocycles. The van der Waals surface area contributed by atoms with Crippen molar-refractivity contribution in [2.45, 2.75) is 32.5 Å². The summed E-state index contributed by atoms with van der Waals surface area (Å²) in [5.41, 5.74) is 1.07. The van der Waals surface area contributed by atoms with E-state index >= 15 is 0 Å². The van der Waals surface area contributed by atoms with Gasteiger partial charge in [-0.25, -0.2) is 9.18 Å². The van der Waals surface area contributed by atoms with Crippen molar-refractivity contribution in [1.29, 1.82) is 0 Å². The number of rotatable bonds is 11. The summed E-state index contributed by atoms with van der Waals surface area (Å²) in [5, 5.41) is 11.8. The number of amides is 1. The minimum absolute atomic E-state index is 0.0572. The van der Waals surface area contributed by atoms with Crippen LogP contribution in [0.1, 0.15) is 35.3 Å². The molecule has 162 valence electrons. The molecule has 2 aromatic rings. The van der Waals surface area contributed by atoms with Crippen LogP contribution in [0.5, 0.6) is 0 Å². The van der Waals surface area contributed by atoms with E-state index in [1.165, 1.54) is 30.3 Å². The minimum atomic E-state index is -3.27. The highest BCUT2D eigenvalue weighted by Gasteiger charge is 2.25. The average Bonchev–Trinajstić information content (AvgIpc) is 2.69. The first-order chi connectivity index (χ1) is 14.3. The van der Waals surface area contributed by atoms with Crippen LogP contribution in [-0.4, -0.2) is 36.2 Å². The topological polar surface area (TPSA) is 102 Å². The van der Waals surface area contributed by atoms with Crippen molar-refractivity contribution in [3.63, 3.8) is 0 Å². The maximum Gasteiger partial charge on any atom is 0.335 e. The predicted octanol–water partition coefficient (Wildman–Crippen LogP) is 4.02. The van der Waals surface area contributed by atoms with Crippen molar-refractivity contribution in [2.24, 2.45) is 0 Å². The molecule has 1 atom stereocenters. The predicted molar refractivity (Wildman–Crippen MR) is 110 cm³/mol. The Morgan fingerprint density at radius 2 is 1.67 bits per heavy atom. The van der Waals surface area contributed by atoms with E-state index in [1.54, 1.807) is 32.0 Å². The van der Waals surface area contributed by atoms with Gasteiger partial charge in [0, 0.05) is 12.0 Å². The maximum atomic E-state index is 13.8. The zero-order chi connectivity index (χ0) is 22.1. The second-order valence-electron chi connectivity index (χ2n) is 6.46. The van der Waals surface area contributed by atoms with Crippen molar-refractivity contribution in [1.82, 2.24) is 5.32 Å². The van der Waals surface area contributed by atoms with E-state index in [2.05, 4.69) is 5.32 Å². The smallest absolute Gasteiger partial charge is 0.335 e. The van der Waals surface area contributed by atoms with Gasteiger partial charge in [0.2, 0.25) is 0 Å². The van der Waals surface area contributed by atoms with Crippen LogP contribution in [-0.2, 0) is 31.0 Å². The van der Waals surface area contributed by atoms with Crippen LogP contribution in [0.2, 0.25) is 0 Å². The summed E-state index contributed by atoms with van der Waals surface area (Å²) in [7, 11) is -3.27. The standard InChI is InChI=1S/C21H25FNO6P/c1-3-28-30(27,29-4-2)14-15-9-11-16(12-10-15)20(24)23-19(21(25)26)13-17-7-5-6-8-18(17)22/h5-12,19H,3-4,13-14H2,1-2H3,(H,23,24)(H,25,26)/t19-/m1/s1. The van der Waals surface area contributed by atoms with Gasteiger partial charge in [-0.1, -0.05) is 30.3 Å². The third kappa shape index (κ3) is 6.76. The van der Waals surface area contributed by atoms with E-state index in [0.717, 1.165) is 0 Å². The van der Waals surface area contributed by atoms with Gasteiger partial charge < -0.3 is 19.5 Å². The summed E-state index contributed by atoms with van der Waals surface area (Å²) in [6, 6.07) is 10.7. The second kappa shape index (κ2) is 11.0. The van der Waals surface area contributed by atoms with Crippen LogP contribution in [0.25, 0.3) is 0 Å². The van der Waals surface area contributed by atoms with Crippen molar-refractivity contribution in [3.8, 4) is 0 Å². The fourth-order valence-corrected chi connectivity index (χ4v) is 4.53. The monoisotopic (exact) mass is 437 g/mol. The van der Waals surface area contributed by atoms with Crippen LogP contribution in [0, 0.1) is 5.82 Å². The number of hydrogen-bond donors (Lipinski definition) is 2. The first-order valence-corrected chi connectivity index (χ1v) is 11.2. The van der Waals surface area contributed by atoms with E-state index in [0.29, 0.717) is 5.56 Å². The average molecular weight is 437 g/mol. The Kier molecular flexibility index (Phi) is 8.72. The Balaban J connectivity index is 2.07. The van der Waals surface area contributed by atoms with Crippen LogP contribution >= 0.6 is 7.60 Å². The molecule has 7 nitrogen and oxygen atoms in total. The van der Waals surface area contributed by atoms with Gasteiger partial charge in [-0.15, -0.1) is 0 Å². The molecule has 0 radical (unpaired) electrons. The summed E-state index contributed by atoms with van der Waals surface area (Å²) in [6.07, 6.45) is -0.126. The molecule has 0 saturated heterocycles. The summed E-state index contributed by atoms with van der Waals surface area (Å²) in [4.78, 5) is 24.0. The van der Waals surface area contributed by atoms with E-state index in [-0.39, 0.29) is 36.9 Å². The Bertz CT molecular complexity index is 908. The number of hydrogen-bond acceptors (Lipinski definition) is 5. The van der Waals surface area contributed by atoms with Gasteiger partial charge in [-0.2, -0.15) is 0 Å². The van der Waals surface area contributed by atoms with Gasteiger partial charge in [0.15, 0.2) is 0 Å². The van der Waals surface area contributed by atoms with Crippen LogP contribution in [0.3, 0.4) is 0 Å².